The molecule has 0 amide bonds. The molecule has 0 aromatic heterocycles. The van der Waals surface area contributed by atoms with Crippen molar-refractivity contribution in [3.8, 4) is 0 Å². The van der Waals surface area contributed by atoms with E-state index in [0.717, 1.165) is 11.1 Å². The van der Waals surface area contributed by atoms with Crippen molar-refractivity contribution in [2.75, 3.05) is 0 Å². The summed E-state index contributed by atoms with van der Waals surface area (Å²) in [6.07, 6.45) is 1.82. The van der Waals surface area contributed by atoms with Gasteiger partial charge < -0.3 is 5.11 Å². The molecule has 1 rings (SSSR count). The van der Waals surface area contributed by atoms with E-state index in [0.29, 0.717) is 11.4 Å². The lowest BCUT2D eigenvalue weighted by Crippen LogP contribution is -1.98. The van der Waals surface area contributed by atoms with Crippen LogP contribution >= 0.6 is 11.6 Å². The van der Waals surface area contributed by atoms with Crippen LogP contribution in [0.3, 0.4) is 0 Å². The van der Waals surface area contributed by atoms with Crippen molar-refractivity contribution in [3.05, 3.63) is 47.0 Å². The van der Waals surface area contributed by atoms with Crippen LogP contribution in [0.25, 0.3) is 0 Å². The topological polar surface area (TPSA) is 20.2 Å². The van der Waals surface area contributed by atoms with Crippen molar-refractivity contribution >= 4 is 11.6 Å². The van der Waals surface area contributed by atoms with E-state index in [1.54, 1.807) is 12.1 Å². The Kier molecular flexibility index (Phi) is 3.52. The predicted molar refractivity (Wildman–Crippen MR) is 56.0 cm³/mol. The number of aliphatic hydroxyl groups is 1. The minimum atomic E-state index is -0.463. The number of hydrogen-bond donors (Lipinski definition) is 1. The first kappa shape index (κ1) is 10.3. The van der Waals surface area contributed by atoms with Gasteiger partial charge in [0.25, 0.3) is 0 Å². The fourth-order valence-corrected chi connectivity index (χ4v) is 1.52. The van der Waals surface area contributed by atoms with Crippen LogP contribution in [0, 0.1) is 6.92 Å². The molecular formula is C11H13ClO. The highest BCUT2D eigenvalue weighted by molar-refractivity contribution is 6.30. The Labute approximate surface area is 83.7 Å². The van der Waals surface area contributed by atoms with Gasteiger partial charge in [0.05, 0.1) is 6.10 Å². The third kappa shape index (κ3) is 2.58. The number of benzene rings is 1. The van der Waals surface area contributed by atoms with E-state index in [9.17, 15) is 5.11 Å². The van der Waals surface area contributed by atoms with Gasteiger partial charge in [0, 0.05) is 5.02 Å². The van der Waals surface area contributed by atoms with E-state index < -0.39 is 6.10 Å². The maximum atomic E-state index is 9.68. The monoisotopic (exact) mass is 196 g/mol. The number of rotatable bonds is 3. The van der Waals surface area contributed by atoms with Gasteiger partial charge in [-0.05, 0) is 36.6 Å². The van der Waals surface area contributed by atoms with Gasteiger partial charge in [-0.15, -0.1) is 6.58 Å². The van der Waals surface area contributed by atoms with E-state index in [-0.39, 0.29) is 0 Å². The van der Waals surface area contributed by atoms with Crippen molar-refractivity contribution < 1.29 is 5.11 Å². The van der Waals surface area contributed by atoms with Crippen molar-refractivity contribution in [3.63, 3.8) is 0 Å². The number of halogens is 1. The lowest BCUT2D eigenvalue weighted by atomic mass is 10.0. The molecule has 0 saturated heterocycles. The standard InChI is InChI=1S/C11H13ClO/c1-3-4-11(13)10-6-5-9(12)7-8(10)2/h3,5-7,11,13H,1,4H2,2H3/t11-/m1/s1. The molecule has 1 aromatic rings. The molecule has 0 heterocycles. The maximum absolute atomic E-state index is 9.68. The normalized spacial score (nSPS) is 12.5. The van der Waals surface area contributed by atoms with Crippen LogP contribution < -0.4 is 0 Å². The van der Waals surface area contributed by atoms with Crippen LogP contribution in [-0.4, -0.2) is 5.11 Å². The molecule has 0 saturated carbocycles. The van der Waals surface area contributed by atoms with E-state index in [4.69, 9.17) is 11.6 Å². The zero-order chi connectivity index (χ0) is 9.84. The smallest absolute Gasteiger partial charge is 0.0826 e. The van der Waals surface area contributed by atoms with E-state index >= 15 is 0 Å². The lowest BCUT2D eigenvalue weighted by molar-refractivity contribution is 0.181. The molecule has 0 bridgehead atoms. The van der Waals surface area contributed by atoms with Crippen molar-refractivity contribution in [1.29, 1.82) is 0 Å². The second-order valence-electron chi connectivity index (χ2n) is 3.04. The van der Waals surface area contributed by atoms with Gasteiger partial charge >= 0.3 is 0 Å². The van der Waals surface area contributed by atoms with Gasteiger partial charge in [0.15, 0.2) is 0 Å². The molecule has 1 aromatic carbocycles. The van der Waals surface area contributed by atoms with E-state index in [1.165, 1.54) is 0 Å². The fourth-order valence-electron chi connectivity index (χ4n) is 1.30. The number of aryl methyl sites for hydroxylation is 1. The molecule has 0 unspecified atom stereocenters. The highest BCUT2D eigenvalue weighted by Gasteiger charge is 2.08. The maximum Gasteiger partial charge on any atom is 0.0826 e. The summed E-state index contributed by atoms with van der Waals surface area (Å²) in [5.74, 6) is 0. The Morgan fingerprint density at radius 1 is 1.62 bits per heavy atom. The average Bonchev–Trinajstić information content (AvgIpc) is 2.04. The molecule has 0 radical (unpaired) electrons. The van der Waals surface area contributed by atoms with Crippen molar-refractivity contribution in [2.24, 2.45) is 0 Å². The summed E-state index contributed by atoms with van der Waals surface area (Å²) in [4.78, 5) is 0. The summed E-state index contributed by atoms with van der Waals surface area (Å²) in [6.45, 7) is 5.53. The van der Waals surface area contributed by atoms with Gasteiger partial charge in [0.1, 0.15) is 0 Å². The van der Waals surface area contributed by atoms with E-state index in [2.05, 4.69) is 6.58 Å². The van der Waals surface area contributed by atoms with Crippen molar-refractivity contribution in [2.45, 2.75) is 19.4 Å². The van der Waals surface area contributed by atoms with Gasteiger partial charge in [-0.25, -0.2) is 0 Å². The first-order chi connectivity index (χ1) is 6.15. The Bertz CT molecular complexity index is 307. The summed E-state index contributed by atoms with van der Waals surface area (Å²) in [6, 6.07) is 5.49. The van der Waals surface area contributed by atoms with Crippen LogP contribution in [0.5, 0.6) is 0 Å². The molecule has 0 aliphatic rings. The highest BCUT2D eigenvalue weighted by atomic mass is 35.5. The summed E-state index contributed by atoms with van der Waals surface area (Å²) >= 11 is 5.80. The average molecular weight is 197 g/mol. The number of hydrogen-bond acceptors (Lipinski definition) is 1. The summed E-state index contributed by atoms with van der Waals surface area (Å²) in [5, 5.41) is 10.4. The third-order valence-electron chi connectivity index (χ3n) is 1.98. The molecule has 1 atom stereocenters. The Morgan fingerprint density at radius 3 is 2.85 bits per heavy atom. The SMILES string of the molecule is C=CC[C@@H](O)c1ccc(Cl)cc1C. The molecule has 0 fully saturated rings. The van der Waals surface area contributed by atoms with Gasteiger partial charge in [-0.3, -0.25) is 0 Å². The van der Waals surface area contributed by atoms with Gasteiger partial charge in [-0.2, -0.15) is 0 Å². The third-order valence-corrected chi connectivity index (χ3v) is 2.22. The first-order valence-corrected chi connectivity index (χ1v) is 4.58. The predicted octanol–water partition coefficient (Wildman–Crippen LogP) is 3.26. The summed E-state index contributed by atoms with van der Waals surface area (Å²) < 4.78 is 0. The quantitative estimate of drug-likeness (QED) is 0.736. The minimum absolute atomic E-state index is 0.463. The van der Waals surface area contributed by atoms with Gasteiger partial charge in [0.2, 0.25) is 0 Å². The largest absolute Gasteiger partial charge is 0.388 e. The molecule has 1 nitrogen and oxygen atoms in total. The van der Waals surface area contributed by atoms with Gasteiger partial charge in [-0.1, -0.05) is 23.7 Å². The second kappa shape index (κ2) is 4.45. The molecule has 0 aliphatic heterocycles. The van der Waals surface area contributed by atoms with Crippen LogP contribution in [-0.2, 0) is 0 Å². The first-order valence-electron chi connectivity index (χ1n) is 4.20. The molecule has 2 heteroatoms. The molecule has 13 heavy (non-hydrogen) atoms. The Balaban J connectivity index is 2.94. The zero-order valence-corrected chi connectivity index (χ0v) is 8.38. The Hall–Kier alpha value is -0.790. The second-order valence-corrected chi connectivity index (χ2v) is 3.48. The van der Waals surface area contributed by atoms with Crippen LogP contribution in [0.2, 0.25) is 5.02 Å². The summed E-state index contributed by atoms with van der Waals surface area (Å²) in [7, 11) is 0. The molecule has 0 aliphatic carbocycles. The van der Waals surface area contributed by atoms with Crippen LogP contribution in [0.4, 0.5) is 0 Å². The molecular weight excluding hydrogens is 184 g/mol. The van der Waals surface area contributed by atoms with E-state index in [1.807, 2.05) is 19.1 Å². The molecule has 0 spiro atoms. The Morgan fingerprint density at radius 2 is 2.31 bits per heavy atom. The van der Waals surface area contributed by atoms with Crippen LogP contribution in [0.1, 0.15) is 23.7 Å². The highest BCUT2D eigenvalue weighted by Crippen LogP contribution is 2.23. The summed E-state index contributed by atoms with van der Waals surface area (Å²) in [5.41, 5.74) is 1.94. The van der Waals surface area contributed by atoms with Crippen LogP contribution in [0.15, 0.2) is 30.9 Å². The fraction of sp³-hybridized carbons (Fsp3) is 0.273. The minimum Gasteiger partial charge on any atom is -0.388 e. The lowest BCUT2D eigenvalue weighted by Gasteiger charge is -2.11. The molecule has 70 valence electrons. The van der Waals surface area contributed by atoms with Crippen molar-refractivity contribution in [1.82, 2.24) is 0 Å². The number of aliphatic hydroxyl groups excluding tert-OH is 1. The zero-order valence-electron chi connectivity index (χ0n) is 7.63. The molecule has 1 N–H and O–H groups in total.